The molecule has 3 aromatic rings. The molecule has 1 atom stereocenters. The topological polar surface area (TPSA) is 67.2 Å². The van der Waals surface area contributed by atoms with Crippen LogP contribution >= 0.6 is 0 Å². The zero-order chi connectivity index (χ0) is 16.4. The summed E-state index contributed by atoms with van der Waals surface area (Å²) in [5.41, 5.74) is 2.53. The number of aryl methyl sites for hydroxylation is 1. The number of hydrogen-bond donors (Lipinski definition) is 1. The van der Waals surface area contributed by atoms with Crippen LogP contribution in [0.4, 0.5) is 0 Å². The van der Waals surface area contributed by atoms with Gasteiger partial charge in [-0.15, -0.1) is 0 Å². The standard InChI is InChI=1S/C18H22N4O2/c1-13-20-18(21-24-13)12-23-16-3-2-8-22(11-16)10-14-4-5-17-15(9-14)6-7-19-17/h4-7,9,16,19H,2-3,8,10-12H2,1H3. The first-order valence-corrected chi connectivity index (χ1v) is 8.45. The molecule has 0 spiro atoms. The summed E-state index contributed by atoms with van der Waals surface area (Å²) in [5.74, 6) is 1.21. The number of nitrogens with one attached hydrogen (secondary N) is 1. The Bertz CT molecular complexity index is 810. The van der Waals surface area contributed by atoms with Crippen LogP contribution in [0.5, 0.6) is 0 Å². The molecular weight excluding hydrogens is 304 g/mol. The minimum atomic E-state index is 0.230. The highest BCUT2D eigenvalue weighted by atomic mass is 16.5. The first kappa shape index (κ1) is 15.4. The first-order valence-electron chi connectivity index (χ1n) is 8.45. The predicted molar refractivity (Wildman–Crippen MR) is 90.4 cm³/mol. The molecule has 1 aliphatic heterocycles. The average molecular weight is 326 g/mol. The fourth-order valence-electron chi connectivity index (χ4n) is 3.34. The number of hydrogen-bond acceptors (Lipinski definition) is 5. The van der Waals surface area contributed by atoms with Crippen LogP contribution in [0, 0.1) is 6.92 Å². The molecule has 0 saturated carbocycles. The lowest BCUT2D eigenvalue weighted by Crippen LogP contribution is -2.39. The maximum Gasteiger partial charge on any atom is 0.223 e. The molecule has 4 rings (SSSR count). The van der Waals surface area contributed by atoms with Gasteiger partial charge in [0.05, 0.1) is 6.10 Å². The molecule has 24 heavy (non-hydrogen) atoms. The molecule has 0 bridgehead atoms. The van der Waals surface area contributed by atoms with Crippen molar-refractivity contribution in [2.24, 2.45) is 0 Å². The maximum absolute atomic E-state index is 5.98. The monoisotopic (exact) mass is 326 g/mol. The Hall–Kier alpha value is -2.18. The van der Waals surface area contributed by atoms with Crippen LogP contribution in [-0.2, 0) is 17.9 Å². The number of rotatable bonds is 5. The molecule has 1 unspecified atom stereocenters. The van der Waals surface area contributed by atoms with Crippen LogP contribution in [0.2, 0.25) is 0 Å². The molecular formula is C18H22N4O2. The van der Waals surface area contributed by atoms with E-state index in [1.807, 2.05) is 6.20 Å². The van der Waals surface area contributed by atoms with Crippen LogP contribution in [0.3, 0.4) is 0 Å². The third-order valence-corrected chi connectivity index (χ3v) is 4.50. The highest BCUT2D eigenvalue weighted by molar-refractivity contribution is 5.79. The number of ether oxygens (including phenoxy) is 1. The van der Waals surface area contributed by atoms with Crippen molar-refractivity contribution in [3.63, 3.8) is 0 Å². The molecule has 3 heterocycles. The van der Waals surface area contributed by atoms with Gasteiger partial charge in [0.15, 0.2) is 5.82 Å². The molecule has 6 heteroatoms. The molecule has 0 amide bonds. The van der Waals surface area contributed by atoms with E-state index in [9.17, 15) is 0 Å². The van der Waals surface area contributed by atoms with Crippen molar-refractivity contribution in [2.75, 3.05) is 13.1 Å². The van der Waals surface area contributed by atoms with Crippen LogP contribution in [0.25, 0.3) is 10.9 Å². The molecule has 1 fully saturated rings. The lowest BCUT2D eigenvalue weighted by molar-refractivity contribution is -0.0151. The van der Waals surface area contributed by atoms with Crippen LogP contribution in [0.1, 0.15) is 30.1 Å². The second-order valence-corrected chi connectivity index (χ2v) is 6.44. The van der Waals surface area contributed by atoms with E-state index in [1.165, 1.54) is 16.5 Å². The first-order chi connectivity index (χ1) is 11.8. The van der Waals surface area contributed by atoms with Gasteiger partial charge in [-0.25, -0.2) is 0 Å². The summed E-state index contributed by atoms with van der Waals surface area (Å²) in [6, 6.07) is 8.73. The van der Waals surface area contributed by atoms with E-state index < -0.39 is 0 Å². The number of benzene rings is 1. The average Bonchev–Trinajstić information content (AvgIpc) is 3.21. The number of fused-ring (bicyclic) bond motifs is 1. The smallest absolute Gasteiger partial charge is 0.223 e. The molecule has 1 aromatic carbocycles. The summed E-state index contributed by atoms with van der Waals surface area (Å²) in [4.78, 5) is 9.89. The summed E-state index contributed by atoms with van der Waals surface area (Å²) >= 11 is 0. The highest BCUT2D eigenvalue weighted by Gasteiger charge is 2.21. The Morgan fingerprint density at radius 1 is 1.38 bits per heavy atom. The highest BCUT2D eigenvalue weighted by Crippen LogP contribution is 2.19. The lowest BCUT2D eigenvalue weighted by Gasteiger charge is -2.32. The van der Waals surface area contributed by atoms with E-state index in [2.05, 4.69) is 44.3 Å². The zero-order valence-corrected chi connectivity index (χ0v) is 13.9. The zero-order valence-electron chi connectivity index (χ0n) is 13.9. The Labute approximate surface area is 140 Å². The Morgan fingerprint density at radius 3 is 3.21 bits per heavy atom. The lowest BCUT2D eigenvalue weighted by atomic mass is 10.1. The molecule has 6 nitrogen and oxygen atoms in total. The van der Waals surface area contributed by atoms with Gasteiger partial charge in [0, 0.05) is 31.7 Å². The van der Waals surface area contributed by atoms with E-state index in [0.717, 1.165) is 32.5 Å². The molecule has 126 valence electrons. The van der Waals surface area contributed by atoms with Crippen molar-refractivity contribution in [2.45, 2.75) is 39.0 Å². The summed E-state index contributed by atoms with van der Waals surface area (Å²) < 4.78 is 11.0. The van der Waals surface area contributed by atoms with Gasteiger partial charge in [-0.05, 0) is 48.5 Å². The second-order valence-electron chi connectivity index (χ2n) is 6.44. The van der Waals surface area contributed by atoms with Gasteiger partial charge in [0.25, 0.3) is 0 Å². The predicted octanol–water partition coefficient (Wildman–Crippen LogP) is 3.04. The summed E-state index contributed by atoms with van der Waals surface area (Å²) in [5, 5.41) is 5.15. The number of H-pyrrole nitrogens is 1. The fourth-order valence-corrected chi connectivity index (χ4v) is 3.34. The molecule has 1 saturated heterocycles. The van der Waals surface area contributed by atoms with Gasteiger partial charge in [-0.1, -0.05) is 11.2 Å². The van der Waals surface area contributed by atoms with Gasteiger partial charge in [0.2, 0.25) is 5.89 Å². The second kappa shape index (κ2) is 6.75. The normalized spacial score (nSPS) is 19.1. The quantitative estimate of drug-likeness (QED) is 0.780. The Morgan fingerprint density at radius 2 is 2.33 bits per heavy atom. The number of likely N-dealkylation sites (tertiary alicyclic amines) is 1. The SMILES string of the molecule is Cc1nc(COC2CCCN(Cc3ccc4[nH]ccc4c3)C2)no1. The van der Waals surface area contributed by atoms with Crippen LogP contribution in [0.15, 0.2) is 35.0 Å². The number of aromatic nitrogens is 3. The van der Waals surface area contributed by atoms with Gasteiger partial charge in [-0.2, -0.15) is 4.98 Å². The molecule has 1 aliphatic rings. The van der Waals surface area contributed by atoms with Gasteiger partial charge in [0.1, 0.15) is 6.61 Å². The van der Waals surface area contributed by atoms with Gasteiger partial charge >= 0.3 is 0 Å². The van der Waals surface area contributed by atoms with E-state index in [-0.39, 0.29) is 6.10 Å². The third-order valence-electron chi connectivity index (χ3n) is 4.50. The molecule has 0 radical (unpaired) electrons. The minimum Gasteiger partial charge on any atom is -0.369 e. The van der Waals surface area contributed by atoms with E-state index in [4.69, 9.17) is 9.26 Å². The van der Waals surface area contributed by atoms with E-state index >= 15 is 0 Å². The van der Waals surface area contributed by atoms with Crippen molar-refractivity contribution in [3.8, 4) is 0 Å². The van der Waals surface area contributed by atoms with Gasteiger partial charge < -0.3 is 14.2 Å². The van der Waals surface area contributed by atoms with E-state index in [0.29, 0.717) is 18.3 Å². The summed E-state index contributed by atoms with van der Waals surface area (Å²) in [6.07, 6.45) is 4.46. The van der Waals surface area contributed by atoms with Crippen LogP contribution < -0.4 is 0 Å². The summed E-state index contributed by atoms with van der Waals surface area (Å²) in [6.45, 7) is 5.24. The van der Waals surface area contributed by atoms with Crippen molar-refractivity contribution in [1.82, 2.24) is 20.0 Å². The molecule has 0 aliphatic carbocycles. The van der Waals surface area contributed by atoms with Crippen molar-refractivity contribution in [3.05, 3.63) is 47.7 Å². The Kier molecular flexibility index (Phi) is 4.32. The Balaban J connectivity index is 1.34. The minimum absolute atomic E-state index is 0.230. The largest absolute Gasteiger partial charge is 0.369 e. The molecule has 1 N–H and O–H groups in total. The number of piperidine rings is 1. The van der Waals surface area contributed by atoms with Crippen LogP contribution in [-0.4, -0.2) is 39.2 Å². The van der Waals surface area contributed by atoms with Gasteiger partial charge in [-0.3, -0.25) is 4.90 Å². The van der Waals surface area contributed by atoms with Crippen molar-refractivity contribution < 1.29 is 9.26 Å². The fraction of sp³-hybridized carbons (Fsp3) is 0.444. The number of aromatic amines is 1. The van der Waals surface area contributed by atoms with Crippen molar-refractivity contribution >= 4 is 10.9 Å². The van der Waals surface area contributed by atoms with E-state index in [1.54, 1.807) is 6.92 Å². The third kappa shape index (κ3) is 3.49. The summed E-state index contributed by atoms with van der Waals surface area (Å²) in [7, 11) is 0. The number of nitrogens with zero attached hydrogens (tertiary/aromatic N) is 3. The maximum atomic E-state index is 5.98. The van der Waals surface area contributed by atoms with Crippen molar-refractivity contribution in [1.29, 1.82) is 0 Å². The molecule has 2 aromatic heterocycles.